The molecule has 0 amide bonds. The monoisotopic (exact) mass is 223 g/mol. The lowest BCUT2D eigenvalue weighted by atomic mass is 10.1. The first-order valence-electron chi connectivity index (χ1n) is 6.49. The zero-order valence-electron chi connectivity index (χ0n) is 10.9. The number of nitrogens with one attached hydrogen (secondary N) is 1. The van der Waals surface area contributed by atoms with Crippen LogP contribution in [0.4, 0.5) is 5.95 Å². The highest BCUT2D eigenvalue weighted by Crippen LogP contribution is 2.08. The van der Waals surface area contributed by atoms with Gasteiger partial charge in [-0.05, 0) is 18.8 Å². The fourth-order valence-corrected chi connectivity index (χ4v) is 1.78. The van der Waals surface area contributed by atoms with Gasteiger partial charge in [-0.15, -0.1) is 0 Å². The van der Waals surface area contributed by atoms with E-state index in [9.17, 15) is 0 Å². The number of nitrogens with zero attached hydrogens (tertiary/aromatic N) is 2. The Kier molecular flexibility index (Phi) is 5.98. The Hall–Kier alpha value is -0.990. The molecular formula is C13H25N3. The molecule has 1 aromatic heterocycles. The molecule has 1 heterocycles. The zero-order chi connectivity index (χ0) is 11.8. The molecule has 16 heavy (non-hydrogen) atoms. The van der Waals surface area contributed by atoms with Crippen LogP contribution in [0.3, 0.4) is 0 Å². The van der Waals surface area contributed by atoms with E-state index in [-0.39, 0.29) is 0 Å². The number of imidazole rings is 1. The Labute approximate surface area is 99.3 Å². The topological polar surface area (TPSA) is 29.9 Å². The van der Waals surface area contributed by atoms with Crippen molar-refractivity contribution in [3.05, 3.63) is 12.4 Å². The van der Waals surface area contributed by atoms with Gasteiger partial charge in [0.2, 0.25) is 5.95 Å². The van der Waals surface area contributed by atoms with E-state index in [1.54, 1.807) is 0 Å². The summed E-state index contributed by atoms with van der Waals surface area (Å²) < 4.78 is 2.18. The molecule has 0 fully saturated rings. The van der Waals surface area contributed by atoms with Crippen LogP contribution >= 0.6 is 0 Å². The Morgan fingerprint density at radius 1 is 1.38 bits per heavy atom. The molecule has 0 atom stereocenters. The van der Waals surface area contributed by atoms with Gasteiger partial charge in [0, 0.05) is 25.5 Å². The third kappa shape index (κ3) is 4.69. The number of aryl methyl sites for hydroxylation is 1. The summed E-state index contributed by atoms with van der Waals surface area (Å²) >= 11 is 0. The van der Waals surface area contributed by atoms with Crippen molar-refractivity contribution in [2.45, 2.75) is 53.0 Å². The number of hydrogen-bond donors (Lipinski definition) is 1. The van der Waals surface area contributed by atoms with Crippen molar-refractivity contribution in [1.82, 2.24) is 9.55 Å². The molecule has 92 valence electrons. The van der Waals surface area contributed by atoms with E-state index < -0.39 is 0 Å². The SMILES string of the molecule is CCCn1ccnc1NCCCCC(C)C. The molecule has 1 rings (SSSR count). The maximum Gasteiger partial charge on any atom is 0.202 e. The molecule has 0 aliphatic rings. The lowest BCUT2D eigenvalue weighted by Crippen LogP contribution is -2.08. The summed E-state index contributed by atoms with van der Waals surface area (Å²) in [6.45, 7) is 8.83. The zero-order valence-corrected chi connectivity index (χ0v) is 10.9. The summed E-state index contributed by atoms with van der Waals surface area (Å²) in [6, 6.07) is 0. The second-order valence-corrected chi connectivity index (χ2v) is 4.76. The Balaban J connectivity index is 2.18. The van der Waals surface area contributed by atoms with Gasteiger partial charge in [-0.3, -0.25) is 0 Å². The minimum Gasteiger partial charge on any atom is -0.356 e. The van der Waals surface area contributed by atoms with Gasteiger partial charge in [-0.1, -0.05) is 33.6 Å². The largest absolute Gasteiger partial charge is 0.356 e. The second-order valence-electron chi connectivity index (χ2n) is 4.76. The molecule has 0 aliphatic carbocycles. The van der Waals surface area contributed by atoms with Crippen LogP contribution in [0.15, 0.2) is 12.4 Å². The van der Waals surface area contributed by atoms with Gasteiger partial charge in [0.05, 0.1) is 0 Å². The van der Waals surface area contributed by atoms with Crippen molar-refractivity contribution in [2.75, 3.05) is 11.9 Å². The molecule has 0 saturated carbocycles. The van der Waals surface area contributed by atoms with E-state index >= 15 is 0 Å². The summed E-state index contributed by atoms with van der Waals surface area (Å²) in [4.78, 5) is 4.32. The van der Waals surface area contributed by atoms with Crippen LogP contribution in [0.2, 0.25) is 0 Å². The summed E-state index contributed by atoms with van der Waals surface area (Å²) in [7, 11) is 0. The minimum atomic E-state index is 0.821. The van der Waals surface area contributed by atoms with Gasteiger partial charge in [0.15, 0.2) is 0 Å². The summed E-state index contributed by atoms with van der Waals surface area (Å²) in [6.07, 6.45) is 8.92. The van der Waals surface area contributed by atoms with E-state index in [0.717, 1.165) is 31.4 Å². The van der Waals surface area contributed by atoms with E-state index in [4.69, 9.17) is 0 Å². The average molecular weight is 223 g/mol. The standard InChI is InChI=1S/C13H25N3/c1-4-10-16-11-9-15-13(16)14-8-6-5-7-12(2)3/h9,11-12H,4-8,10H2,1-3H3,(H,14,15). The third-order valence-corrected chi connectivity index (χ3v) is 2.67. The van der Waals surface area contributed by atoms with Crippen LogP contribution in [0.25, 0.3) is 0 Å². The average Bonchev–Trinajstić information content (AvgIpc) is 2.65. The molecule has 3 nitrogen and oxygen atoms in total. The van der Waals surface area contributed by atoms with Crippen LogP contribution in [0.5, 0.6) is 0 Å². The molecular weight excluding hydrogens is 198 g/mol. The van der Waals surface area contributed by atoms with Gasteiger partial charge in [-0.2, -0.15) is 0 Å². The van der Waals surface area contributed by atoms with Crippen molar-refractivity contribution < 1.29 is 0 Å². The number of hydrogen-bond acceptors (Lipinski definition) is 2. The fraction of sp³-hybridized carbons (Fsp3) is 0.769. The van der Waals surface area contributed by atoms with Crippen molar-refractivity contribution in [3.8, 4) is 0 Å². The van der Waals surface area contributed by atoms with Gasteiger partial charge >= 0.3 is 0 Å². The second kappa shape index (κ2) is 7.31. The maximum absolute atomic E-state index is 4.32. The number of rotatable bonds is 8. The predicted molar refractivity (Wildman–Crippen MR) is 69.7 cm³/mol. The summed E-state index contributed by atoms with van der Waals surface area (Å²) in [5, 5.41) is 3.40. The lowest BCUT2D eigenvalue weighted by Gasteiger charge is -2.09. The molecule has 0 unspecified atom stereocenters. The van der Waals surface area contributed by atoms with E-state index in [1.165, 1.54) is 19.3 Å². The van der Waals surface area contributed by atoms with Crippen molar-refractivity contribution >= 4 is 5.95 Å². The number of anilines is 1. The van der Waals surface area contributed by atoms with Crippen LogP contribution in [0.1, 0.15) is 46.5 Å². The van der Waals surface area contributed by atoms with Gasteiger partial charge in [-0.25, -0.2) is 4.98 Å². The van der Waals surface area contributed by atoms with Crippen LogP contribution in [-0.4, -0.2) is 16.1 Å². The predicted octanol–water partition coefficient (Wildman–Crippen LogP) is 3.53. The molecule has 1 aromatic rings. The molecule has 0 aromatic carbocycles. The molecule has 1 N–H and O–H groups in total. The molecule has 0 spiro atoms. The first-order valence-corrected chi connectivity index (χ1v) is 6.49. The summed E-state index contributed by atoms with van der Waals surface area (Å²) in [5.74, 6) is 1.84. The Bertz CT molecular complexity index is 278. The Morgan fingerprint density at radius 2 is 2.19 bits per heavy atom. The smallest absolute Gasteiger partial charge is 0.202 e. The highest BCUT2D eigenvalue weighted by molar-refractivity contribution is 5.25. The Morgan fingerprint density at radius 3 is 2.88 bits per heavy atom. The van der Waals surface area contributed by atoms with Crippen LogP contribution in [-0.2, 0) is 6.54 Å². The van der Waals surface area contributed by atoms with Crippen LogP contribution in [0, 0.1) is 5.92 Å². The molecule has 3 heteroatoms. The molecule has 0 bridgehead atoms. The van der Waals surface area contributed by atoms with Crippen molar-refractivity contribution in [3.63, 3.8) is 0 Å². The molecule has 0 aliphatic heterocycles. The molecule has 0 saturated heterocycles. The fourth-order valence-electron chi connectivity index (χ4n) is 1.78. The van der Waals surface area contributed by atoms with Gasteiger partial charge < -0.3 is 9.88 Å². The van der Waals surface area contributed by atoms with Crippen molar-refractivity contribution in [2.24, 2.45) is 5.92 Å². The van der Waals surface area contributed by atoms with E-state index in [1.807, 2.05) is 12.4 Å². The minimum absolute atomic E-state index is 0.821. The quantitative estimate of drug-likeness (QED) is 0.683. The first kappa shape index (κ1) is 13.1. The van der Waals surface area contributed by atoms with Gasteiger partial charge in [0.25, 0.3) is 0 Å². The number of aromatic nitrogens is 2. The van der Waals surface area contributed by atoms with Gasteiger partial charge in [0.1, 0.15) is 0 Å². The highest BCUT2D eigenvalue weighted by Gasteiger charge is 2.00. The number of unbranched alkanes of at least 4 members (excludes halogenated alkanes) is 1. The van der Waals surface area contributed by atoms with Crippen molar-refractivity contribution in [1.29, 1.82) is 0 Å². The lowest BCUT2D eigenvalue weighted by molar-refractivity contribution is 0.544. The van der Waals surface area contributed by atoms with E-state index in [0.29, 0.717) is 0 Å². The third-order valence-electron chi connectivity index (χ3n) is 2.67. The molecule has 0 radical (unpaired) electrons. The summed E-state index contributed by atoms with van der Waals surface area (Å²) in [5.41, 5.74) is 0. The highest BCUT2D eigenvalue weighted by atomic mass is 15.2. The first-order chi connectivity index (χ1) is 7.74. The maximum atomic E-state index is 4.32. The van der Waals surface area contributed by atoms with E-state index in [2.05, 4.69) is 35.6 Å². The normalized spacial score (nSPS) is 11.0. The van der Waals surface area contributed by atoms with Crippen LogP contribution < -0.4 is 5.32 Å².